The third-order valence-corrected chi connectivity index (χ3v) is 14.2. The van der Waals surface area contributed by atoms with Gasteiger partial charge in [-0.3, -0.25) is 0 Å². The van der Waals surface area contributed by atoms with E-state index >= 15 is 0 Å². The summed E-state index contributed by atoms with van der Waals surface area (Å²) in [6.07, 6.45) is -13.8. The first-order valence-electron chi connectivity index (χ1n) is 18.1. The van der Waals surface area contributed by atoms with Gasteiger partial charge in [-0.25, -0.2) is 4.79 Å². The quantitative estimate of drug-likeness (QED) is 0.119. The van der Waals surface area contributed by atoms with Crippen LogP contribution in [0, 0.1) is 23.2 Å². The zero-order valence-corrected chi connectivity index (χ0v) is 31.2. The highest BCUT2D eigenvalue weighted by atomic mass is 33.1. The first kappa shape index (κ1) is 41.6. The molecule has 0 bridgehead atoms. The van der Waals surface area contributed by atoms with Crippen molar-refractivity contribution in [2.45, 2.75) is 127 Å². The number of alkyl halides is 9. The normalized spacial score (nSPS) is 28.3. The van der Waals surface area contributed by atoms with Crippen LogP contribution in [-0.2, 0) is 15.9 Å². The molecule has 1 saturated heterocycles. The Balaban J connectivity index is 1.18. The van der Waals surface area contributed by atoms with Crippen molar-refractivity contribution in [3.8, 4) is 5.75 Å². The fraction of sp³-hybridized carbons (Fsp3) is 0.806. The Morgan fingerprint density at radius 1 is 0.923 bits per heavy atom. The molecule has 1 heterocycles. The third-order valence-electron chi connectivity index (χ3n) is 11.7. The van der Waals surface area contributed by atoms with Crippen molar-refractivity contribution < 1.29 is 58.5 Å². The summed E-state index contributed by atoms with van der Waals surface area (Å²) in [6, 6.07) is 6.08. The van der Waals surface area contributed by atoms with E-state index in [2.05, 4.69) is 31.6 Å². The van der Waals surface area contributed by atoms with Crippen LogP contribution in [0.25, 0.3) is 0 Å². The van der Waals surface area contributed by atoms with E-state index < -0.39 is 37.2 Å². The molecule has 4 aliphatic rings. The van der Waals surface area contributed by atoms with Crippen LogP contribution in [0.1, 0.15) is 95.6 Å². The maximum Gasteiger partial charge on any atom is 0.435 e. The summed E-state index contributed by atoms with van der Waals surface area (Å²) in [5, 5.41) is 0. The van der Waals surface area contributed by atoms with Gasteiger partial charge in [0, 0.05) is 30.7 Å². The number of carbonyl (C=O) groups is 1. The van der Waals surface area contributed by atoms with Crippen LogP contribution in [0.2, 0.25) is 0 Å². The minimum atomic E-state index is -6.75. The molecule has 2 saturated carbocycles. The molecule has 1 amide bonds. The van der Waals surface area contributed by atoms with E-state index in [-0.39, 0.29) is 42.1 Å². The number of amides is 1. The van der Waals surface area contributed by atoms with Crippen LogP contribution in [-0.4, -0.2) is 78.5 Å². The minimum Gasteiger partial charge on any atom is -0.410 e. The predicted molar refractivity (Wildman–Crippen MR) is 182 cm³/mol. The van der Waals surface area contributed by atoms with Gasteiger partial charge in [-0.05, 0) is 117 Å². The number of rotatable bonds is 12. The highest BCUT2D eigenvalue weighted by Crippen LogP contribution is 2.62. The molecule has 5 nitrogen and oxygen atoms in total. The van der Waals surface area contributed by atoms with Gasteiger partial charge in [0.2, 0.25) is 0 Å². The molecular weight excluding hydrogens is 746 g/mol. The van der Waals surface area contributed by atoms with Gasteiger partial charge in [0.05, 0.1) is 12.7 Å². The SMILES string of the molecule is CC(C)CCCN(C(=O)Oc1ccc2c(c1)CCC1C2CCC2(C)C(OCCCOC(C(F)(F)F)(C(F)(F)F)C(F)(F)F)CCC12)C1CCSSC1. The van der Waals surface area contributed by atoms with E-state index in [4.69, 9.17) is 9.47 Å². The van der Waals surface area contributed by atoms with Crippen molar-refractivity contribution in [2.75, 3.05) is 31.3 Å². The highest BCUT2D eigenvalue weighted by molar-refractivity contribution is 8.76. The minimum absolute atomic E-state index is 0.144. The van der Waals surface area contributed by atoms with E-state index in [9.17, 15) is 44.3 Å². The lowest BCUT2D eigenvalue weighted by molar-refractivity contribution is -0.457. The average molecular weight is 794 g/mol. The van der Waals surface area contributed by atoms with Gasteiger partial charge in [0.25, 0.3) is 0 Å². The number of carbonyl (C=O) groups excluding carboxylic acids is 1. The average Bonchev–Trinajstić information content (AvgIpc) is 3.38. The van der Waals surface area contributed by atoms with Gasteiger partial charge in [-0.2, -0.15) is 39.5 Å². The molecule has 0 N–H and O–H groups in total. The van der Waals surface area contributed by atoms with Crippen LogP contribution in [0.5, 0.6) is 5.75 Å². The number of hydrogen-bond acceptors (Lipinski definition) is 6. The van der Waals surface area contributed by atoms with Crippen molar-refractivity contribution in [3.05, 3.63) is 29.3 Å². The predicted octanol–water partition coefficient (Wildman–Crippen LogP) is 11.2. The standard InChI is InChI=1S/C36H48F9NO4S2/c1-22(2)6-4-16-46(24-14-19-51-52-21-24)31(47)50-25-8-10-26-23(20-25)7-9-28-27(26)13-15-32(3)29(28)11-12-30(32)48-17-5-18-49-33(34(37,38)39,35(40,41)42)36(43,44)45/h8,10,20,22,24,27-30H,4-7,9,11-19,21H2,1-3H3. The number of nitrogens with zero attached hydrogens (tertiary/aromatic N) is 1. The summed E-state index contributed by atoms with van der Waals surface area (Å²) in [7, 11) is 3.62. The van der Waals surface area contributed by atoms with Crippen molar-refractivity contribution in [1.82, 2.24) is 4.90 Å². The van der Waals surface area contributed by atoms with Gasteiger partial charge in [0.1, 0.15) is 5.75 Å². The van der Waals surface area contributed by atoms with Crippen LogP contribution in [0.3, 0.4) is 0 Å². The maximum atomic E-state index is 13.5. The smallest absolute Gasteiger partial charge is 0.410 e. The second-order valence-corrected chi connectivity index (χ2v) is 17.9. The second-order valence-electron chi connectivity index (χ2n) is 15.3. The highest BCUT2D eigenvalue weighted by Gasteiger charge is 2.85. The molecule has 3 aliphatic carbocycles. The third kappa shape index (κ3) is 8.49. The zero-order chi connectivity index (χ0) is 38.1. The first-order valence-corrected chi connectivity index (χ1v) is 20.6. The van der Waals surface area contributed by atoms with E-state index in [1.165, 1.54) is 5.56 Å². The van der Waals surface area contributed by atoms with Crippen LogP contribution < -0.4 is 4.74 Å². The van der Waals surface area contributed by atoms with Crippen molar-refractivity contribution in [1.29, 1.82) is 0 Å². The Labute approximate surface area is 307 Å². The molecule has 0 radical (unpaired) electrons. The lowest BCUT2D eigenvalue weighted by atomic mass is 9.55. The topological polar surface area (TPSA) is 48.0 Å². The molecule has 5 rings (SSSR count). The van der Waals surface area contributed by atoms with Crippen molar-refractivity contribution >= 4 is 27.7 Å². The van der Waals surface area contributed by atoms with Gasteiger partial charge >= 0.3 is 30.2 Å². The second kappa shape index (κ2) is 16.3. The van der Waals surface area contributed by atoms with E-state index in [1.54, 1.807) is 10.8 Å². The molecule has 52 heavy (non-hydrogen) atoms. The molecule has 0 aromatic heterocycles. The monoisotopic (exact) mass is 793 g/mol. The number of halogens is 9. The van der Waals surface area contributed by atoms with Gasteiger partial charge < -0.3 is 19.1 Å². The fourth-order valence-electron chi connectivity index (χ4n) is 9.04. The molecule has 1 aromatic carbocycles. The number of fused-ring (bicyclic) bond motifs is 5. The molecule has 1 aromatic rings. The Bertz CT molecular complexity index is 1330. The number of aryl methyl sites for hydroxylation is 1. The number of benzene rings is 1. The van der Waals surface area contributed by atoms with Gasteiger partial charge in [-0.1, -0.05) is 48.4 Å². The lowest BCUT2D eigenvalue weighted by Crippen LogP contribution is -2.67. The number of ether oxygens (including phenoxy) is 3. The summed E-state index contributed by atoms with van der Waals surface area (Å²) in [5.41, 5.74) is -4.17. The Morgan fingerprint density at radius 2 is 1.63 bits per heavy atom. The Morgan fingerprint density at radius 3 is 2.27 bits per heavy atom. The summed E-state index contributed by atoms with van der Waals surface area (Å²) >= 11 is 0. The molecule has 6 atom stereocenters. The van der Waals surface area contributed by atoms with Crippen molar-refractivity contribution in [3.63, 3.8) is 0 Å². The fourth-order valence-corrected chi connectivity index (χ4v) is 11.5. The Kier molecular flexibility index (Phi) is 13.0. The largest absolute Gasteiger partial charge is 0.435 e. The Hall–Kier alpha value is -1.52. The van der Waals surface area contributed by atoms with E-state index in [0.29, 0.717) is 30.6 Å². The van der Waals surface area contributed by atoms with Crippen molar-refractivity contribution in [2.24, 2.45) is 23.2 Å². The molecule has 6 unspecified atom stereocenters. The number of hydrogen-bond donors (Lipinski definition) is 0. The van der Waals surface area contributed by atoms with Crippen LogP contribution in [0.4, 0.5) is 44.3 Å². The summed E-state index contributed by atoms with van der Waals surface area (Å²) in [4.78, 5) is 15.4. The molecule has 1 aliphatic heterocycles. The summed E-state index contributed by atoms with van der Waals surface area (Å²) in [6.45, 7) is 5.34. The maximum absolute atomic E-state index is 13.5. The van der Waals surface area contributed by atoms with E-state index in [1.807, 2.05) is 27.8 Å². The van der Waals surface area contributed by atoms with Gasteiger partial charge in [0.15, 0.2) is 0 Å². The molecule has 16 heteroatoms. The molecule has 0 spiro atoms. The molecular formula is C36H48F9NO4S2. The lowest BCUT2D eigenvalue weighted by Gasteiger charge is -2.50. The molecule has 296 valence electrons. The summed E-state index contributed by atoms with van der Waals surface area (Å²) < 4.78 is 134. The zero-order valence-electron chi connectivity index (χ0n) is 29.6. The summed E-state index contributed by atoms with van der Waals surface area (Å²) in [5.74, 6) is 3.83. The van der Waals surface area contributed by atoms with Crippen LogP contribution >= 0.6 is 21.6 Å². The van der Waals surface area contributed by atoms with Crippen LogP contribution in [0.15, 0.2) is 18.2 Å². The first-order chi connectivity index (χ1) is 24.3. The molecule has 3 fully saturated rings. The van der Waals surface area contributed by atoms with E-state index in [0.717, 1.165) is 68.4 Å². The van der Waals surface area contributed by atoms with Gasteiger partial charge in [-0.15, -0.1) is 0 Å².